The lowest BCUT2D eigenvalue weighted by atomic mass is 9.97. The Morgan fingerprint density at radius 1 is 1.15 bits per heavy atom. The van der Waals surface area contributed by atoms with Crippen molar-refractivity contribution < 1.29 is 14.3 Å². The van der Waals surface area contributed by atoms with Gasteiger partial charge in [0.25, 0.3) is 0 Å². The molecule has 7 nitrogen and oxygen atoms in total. The fourth-order valence-corrected chi connectivity index (χ4v) is 5.17. The molecule has 33 heavy (non-hydrogen) atoms. The number of hydrogen-bond donors (Lipinski definition) is 1. The van der Waals surface area contributed by atoms with Gasteiger partial charge < -0.3 is 19.7 Å². The number of carbonyl (C=O) groups is 1. The first-order valence-corrected chi connectivity index (χ1v) is 11.9. The topological polar surface area (TPSA) is 76.6 Å². The number of aromatic nitrogens is 2. The van der Waals surface area contributed by atoms with Crippen LogP contribution in [0.3, 0.4) is 0 Å². The standard InChI is InChI=1S/C25H26N4O3S/c1-17-4-2-6-20(12-17)33-25-23(26-9-10-27-25)29-11-3-5-19(15-29)24(30)28-14-18-7-8-21-22(13-18)32-16-31-21/h2,4,6-10,12-13,19H,3,5,11,14-16H2,1H3,(H,28,30). The molecular formula is C25H26N4O3S. The minimum absolute atomic E-state index is 0.0640. The van der Waals surface area contributed by atoms with Crippen LogP contribution in [0.25, 0.3) is 0 Å². The zero-order valence-corrected chi connectivity index (χ0v) is 19.3. The number of piperidine rings is 1. The maximum absolute atomic E-state index is 13.0. The molecule has 8 heteroatoms. The van der Waals surface area contributed by atoms with Gasteiger partial charge >= 0.3 is 0 Å². The van der Waals surface area contributed by atoms with Gasteiger partial charge in [-0.25, -0.2) is 9.97 Å². The number of hydrogen-bond acceptors (Lipinski definition) is 7. The zero-order valence-electron chi connectivity index (χ0n) is 18.5. The van der Waals surface area contributed by atoms with Crippen LogP contribution in [0.1, 0.15) is 24.0 Å². The van der Waals surface area contributed by atoms with E-state index in [9.17, 15) is 4.79 Å². The van der Waals surface area contributed by atoms with E-state index in [4.69, 9.17) is 9.47 Å². The molecular weight excluding hydrogens is 436 g/mol. The van der Waals surface area contributed by atoms with Gasteiger partial charge in [0.05, 0.1) is 5.92 Å². The second-order valence-electron chi connectivity index (χ2n) is 8.29. The molecule has 1 fully saturated rings. The molecule has 1 amide bonds. The third kappa shape index (κ3) is 5.06. The van der Waals surface area contributed by atoms with Crippen molar-refractivity contribution >= 4 is 23.5 Å². The van der Waals surface area contributed by atoms with E-state index in [1.165, 1.54) is 5.56 Å². The van der Waals surface area contributed by atoms with Crippen LogP contribution >= 0.6 is 11.8 Å². The molecule has 1 unspecified atom stereocenters. The van der Waals surface area contributed by atoms with Crippen molar-refractivity contribution in [1.29, 1.82) is 0 Å². The number of anilines is 1. The smallest absolute Gasteiger partial charge is 0.231 e. The molecule has 1 N–H and O–H groups in total. The second kappa shape index (κ2) is 9.70. The van der Waals surface area contributed by atoms with Crippen LogP contribution in [0.15, 0.2) is 64.8 Å². The van der Waals surface area contributed by atoms with Gasteiger partial charge in [0, 0.05) is 36.9 Å². The summed E-state index contributed by atoms with van der Waals surface area (Å²) in [4.78, 5) is 25.5. The number of fused-ring (bicyclic) bond motifs is 1. The number of ether oxygens (including phenoxy) is 2. The van der Waals surface area contributed by atoms with Crippen molar-refractivity contribution in [2.75, 3.05) is 24.8 Å². The van der Waals surface area contributed by atoms with Crippen LogP contribution in [-0.2, 0) is 11.3 Å². The molecule has 170 valence electrons. The predicted molar refractivity (Wildman–Crippen MR) is 127 cm³/mol. The highest BCUT2D eigenvalue weighted by Gasteiger charge is 2.28. The molecule has 1 saturated heterocycles. The van der Waals surface area contributed by atoms with Crippen molar-refractivity contribution in [1.82, 2.24) is 15.3 Å². The summed E-state index contributed by atoms with van der Waals surface area (Å²) in [6.45, 7) is 4.29. The summed E-state index contributed by atoms with van der Waals surface area (Å²) in [5.41, 5.74) is 2.20. The fourth-order valence-electron chi connectivity index (χ4n) is 4.17. The highest BCUT2D eigenvalue weighted by atomic mass is 32.2. The van der Waals surface area contributed by atoms with Crippen LogP contribution < -0.4 is 19.7 Å². The highest BCUT2D eigenvalue weighted by Crippen LogP contribution is 2.35. The number of amides is 1. The van der Waals surface area contributed by atoms with Gasteiger partial charge in [-0.05, 0) is 49.6 Å². The van der Waals surface area contributed by atoms with E-state index in [1.807, 2.05) is 18.2 Å². The number of rotatable bonds is 6. The van der Waals surface area contributed by atoms with Gasteiger partial charge in [0.2, 0.25) is 12.7 Å². The first-order chi connectivity index (χ1) is 16.2. The molecule has 3 heterocycles. The minimum Gasteiger partial charge on any atom is -0.454 e. The number of carbonyl (C=O) groups excluding carboxylic acids is 1. The quantitative estimate of drug-likeness (QED) is 0.588. The Labute approximate surface area is 197 Å². The average Bonchev–Trinajstić information content (AvgIpc) is 3.31. The van der Waals surface area contributed by atoms with E-state index in [0.717, 1.165) is 52.2 Å². The van der Waals surface area contributed by atoms with Crippen molar-refractivity contribution in [3.05, 3.63) is 66.0 Å². The molecule has 0 bridgehead atoms. The van der Waals surface area contributed by atoms with Gasteiger partial charge in [-0.3, -0.25) is 4.79 Å². The molecule has 1 aromatic heterocycles. The minimum atomic E-state index is -0.0911. The lowest BCUT2D eigenvalue weighted by Gasteiger charge is -2.33. The molecule has 0 saturated carbocycles. The number of nitrogens with one attached hydrogen (secondary N) is 1. The molecule has 0 spiro atoms. The summed E-state index contributed by atoms with van der Waals surface area (Å²) < 4.78 is 10.8. The van der Waals surface area contributed by atoms with Crippen LogP contribution in [-0.4, -0.2) is 35.8 Å². The monoisotopic (exact) mass is 462 g/mol. The Bertz CT molecular complexity index is 1160. The molecule has 5 rings (SSSR count). The molecule has 2 aliphatic heterocycles. The van der Waals surface area contributed by atoms with E-state index >= 15 is 0 Å². The zero-order chi connectivity index (χ0) is 22.6. The van der Waals surface area contributed by atoms with E-state index in [-0.39, 0.29) is 18.6 Å². The largest absolute Gasteiger partial charge is 0.454 e. The van der Waals surface area contributed by atoms with Gasteiger partial charge in [-0.2, -0.15) is 0 Å². The lowest BCUT2D eigenvalue weighted by Crippen LogP contribution is -2.43. The Balaban J connectivity index is 1.24. The maximum atomic E-state index is 13.0. The van der Waals surface area contributed by atoms with E-state index in [1.54, 1.807) is 24.2 Å². The number of aryl methyl sites for hydroxylation is 1. The van der Waals surface area contributed by atoms with E-state index in [0.29, 0.717) is 13.1 Å². The van der Waals surface area contributed by atoms with E-state index in [2.05, 4.69) is 51.4 Å². The Morgan fingerprint density at radius 2 is 2.03 bits per heavy atom. The van der Waals surface area contributed by atoms with Crippen LogP contribution in [0.5, 0.6) is 11.5 Å². The second-order valence-corrected chi connectivity index (χ2v) is 9.36. The van der Waals surface area contributed by atoms with Crippen molar-refractivity contribution in [2.24, 2.45) is 5.92 Å². The summed E-state index contributed by atoms with van der Waals surface area (Å²) in [6, 6.07) is 14.1. The van der Waals surface area contributed by atoms with Crippen LogP contribution in [0.2, 0.25) is 0 Å². The van der Waals surface area contributed by atoms with Gasteiger partial charge in [0.1, 0.15) is 5.03 Å². The molecule has 0 aliphatic carbocycles. The van der Waals surface area contributed by atoms with Gasteiger partial charge in [-0.1, -0.05) is 35.5 Å². The first kappa shape index (κ1) is 21.6. The predicted octanol–water partition coefficient (Wildman–Crippen LogP) is 4.20. The summed E-state index contributed by atoms with van der Waals surface area (Å²) in [7, 11) is 0. The van der Waals surface area contributed by atoms with Crippen molar-refractivity contribution in [3.8, 4) is 11.5 Å². The molecule has 3 aromatic rings. The van der Waals surface area contributed by atoms with Crippen LogP contribution in [0, 0.1) is 12.8 Å². The Morgan fingerprint density at radius 3 is 2.94 bits per heavy atom. The molecule has 2 aliphatic rings. The average molecular weight is 463 g/mol. The molecule has 0 radical (unpaired) electrons. The third-order valence-electron chi connectivity index (χ3n) is 5.85. The summed E-state index contributed by atoms with van der Waals surface area (Å²) in [6.07, 6.45) is 5.25. The molecule has 1 atom stereocenters. The maximum Gasteiger partial charge on any atom is 0.231 e. The van der Waals surface area contributed by atoms with E-state index < -0.39 is 0 Å². The highest BCUT2D eigenvalue weighted by molar-refractivity contribution is 7.99. The normalized spacial score (nSPS) is 17.1. The fraction of sp³-hybridized carbons (Fsp3) is 0.320. The number of benzene rings is 2. The Kier molecular flexibility index (Phi) is 6.35. The SMILES string of the molecule is Cc1cccc(Sc2nccnc2N2CCCC(C(=O)NCc3ccc4c(c3)OCO4)C2)c1. The lowest BCUT2D eigenvalue weighted by molar-refractivity contribution is -0.125. The van der Waals surface area contributed by atoms with Crippen molar-refractivity contribution in [2.45, 2.75) is 36.2 Å². The van der Waals surface area contributed by atoms with Gasteiger partial charge in [0.15, 0.2) is 17.3 Å². The Hall–Kier alpha value is -3.26. The third-order valence-corrected chi connectivity index (χ3v) is 6.82. The van der Waals surface area contributed by atoms with Gasteiger partial charge in [-0.15, -0.1) is 0 Å². The van der Waals surface area contributed by atoms with Crippen molar-refractivity contribution in [3.63, 3.8) is 0 Å². The summed E-state index contributed by atoms with van der Waals surface area (Å²) in [5.74, 6) is 2.29. The summed E-state index contributed by atoms with van der Waals surface area (Å²) >= 11 is 1.61. The number of nitrogens with zero attached hydrogens (tertiary/aromatic N) is 3. The molecule has 2 aromatic carbocycles. The first-order valence-electron chi connectivity index (χ1n) is 11.1. The van der Waals surface area contributed by atoms with Crippen LogP contribution in [0.4, 0.5) is 5.82 Å². The summed E-state index contributed by atoms with van der Waals surface area (Å²) in [5, 5.41) is 3.95.